The number of methoxy groups -OCH3 is 1. The van der Waals surface area contributed by atoms with Crippen molar-refractivity contribution in [2.75, 3.05) is 51.3 Å². The first kappa shape index (κ1) is 26.4. The van der Waals surface area contributed by atoms with E-state index in [4.69, 9.17) is 4.74 Å². The summed E-state index contributed by atoms with van der Waals surface area (Å²) in [4.78, 5) is 17.5. The van der Waals surface area contributed by atoms with Crippen molar-refractivity contribution in [1.29, 1.82) is 0 Å². The average Bonchev–Trinajstić information content (AvgIpc) is 3.36. The fourth-order valence-electron chi connectivity index (χ4n) is 5.40. The summed E-state index contributed by atoms with van der Waals surface area (Å²) in [6.07, 6.45) is -1.52. The number of nitrogens with one attached hydrogen (secondary N) is 1. The number of para-hydroxylation sites is 1. The van der Waals surface area contributed by atoms with E-state index in [1.54, 1.807) is 11.0 Å². The fraction of sp³-hybridized carbons (Fsp3) is 0.423. The molecule has 1 amide bonds. The minimum Gasteiger partial charge on any atom is -0.495 e. The maximum Gasteiger partial charge on any atom is 0.471 e. The number of sulfonamides is 1. The Morgan fingerprint density at radius 1 is 1.00 bits per heavy atom. The monoisotopic (exact) mass is 550 g/mol. The van der Waals surface area contributed by atoms with E-state index in [-0.39, 0.29) is 37.0 Å². The van der Waals surface area contributed by atoms with Crippen LogP contribution in [0.2, 0.25) is 0 Å². The van der Waals surface area contributed by atoms with Gasteiger partial charge in [0.1, 0.15) is 5.75 Å². The molecule has 0 atom stereocenters. The number of ether oxygens (including phenoxy) is 1. The third kappa shape index (κ3) is 4.94. The van der Waals surface area contributed by atoms with E-state index in [1.807, 2.05) is 24.4 Å². The predicted octanol–water partition coefficient (Wildman–Crippen LogP) is 3.96. The van der Waals surface area contributed by atoms with Crippen LogP contribution < -0.4 is 9.64 Å². The van der Waals surface area contributed by atoms with Crippen LogP contribution in [-0.2, 0) is 14.8 Å². The Kier molecular flexibility index (Phi) is 7.03. The molecule has 2 aliphatic rings. The van der Waals surface area contributed by atoms with Crippen LogP contribution in [0, 0.1) is 0 Å². The Labute approximate surface area is 219 Å². The fourth-order valence-corrected chi connectivity index (χ4v) is 6.89. The van der Waals surface area contributed by atoms with E-state index in [0.717, 1.165) is 15.8 Å². The molecule has 2 saturated heterocycles. The molecule has 3 heterocycles. The van der Waals surface area contributed by atoms with Gasteiger partial charge in [-0.2, -0.15) is 17.5 Å². The molecule has 1 aromatic heterocycles. The molecular weight excluding hydrogens is 521 g/mol. The second-order valence-corrected chi connectivity index (χ2v) is 11.5. The summed E-state index contributed by atoms with van der Waals surface area (Å²) in [5.41, 5.74) is 2.74. The molecule has 0 saturated carbocycles. The number of aromatic amines is 1. The summed E-state index contributed by atoms with van der Waals surface area (Å²) in [7, 11) is -2.35. The van der Waals surface area contributed by atoms with Crippen LogP contribution in [0.1, 0.15) is 24.3 Å². The van der Waals surface area contributed by atoms with Gasteiger partial charge in [-0.1, -0.05) is 18.2 Å². The predicted molar refractivity (Wildman–Crippen MR) is 137 cm³/mol. The van der Waals surface area contributed by atoms with E-state index < -0.39 is 22.1 Å². The molecule has 0 spiro atoms. The van der Waals surface area contributed by atoms with Gasteiger partial charge >= 0.3 is 12.1 Å². The van der Waals surface area contributed by atoms with Gasteiger partial charge in [-0.3, -0.25) is 4.79 Å². The van der Waals surface area contributed by atoms with Crippen molar-refractivity contribution >= 4 is 32.5 Å². The SMILES string of the molecule is COc1ccc(S(=O)(=O)N2CCC(c3c[nH]c4ccccc34)CC2)cc1N1CCN(C(=O)C(F)(F)F)CC1. The number of H-pyrrole nitrogens is 1. The Balaban J connectivity index is 1.30. The number of amides is 1. The van der Waals surface area contributed by atoms with Crippen LogP contribution in [-0.4, -0.2) is 81.1 Å². The largest absolute Gasteiger partial charge is 0.495 e. The van der Waals surface area contributed by atoms with Crippen molar-refractivity contribution in [3.8, 4) is 5.75 Å². The van der Waals surface area contributed by atoms with Crippen LogP contribution >= 0.6 is 0 Å². The van der Waals surface area contributed by atoms with Crippen molar-refractivity contribution in [2.45, 2.75) is 29.8 Å². The van der Waals surface area contributed by atoms with Crippen molar-refractivity contribution in [3.05, 3.63) is 54.2 Å². The Bertz CT molecular complexity index is 1420. The molecular formula is C26H29F3N4O4S. The Hall–Kier alpha value is -3.25. The zero-order chi connectivity index (χ0) is 27.1. The van der Waals surface area contributed by atoms with Crippen LogP contribution in [0.5, 0.6) is 5.75 Å². The minimum absolute atomic E-state index is 0.104. The number of fused-ring (bicyclic) bond motifs is 1. The lowest BCUT2D eigenvalue weighted by molar-refractivity contribution is -0.185. The van der Waals surface area contributed by atoms with Crippen molar-refractivity contribution in [3.63, 3.8) is 0 Å². The van der Waals surface area contributed by atoms with Crippen LogP contribution in [0.25, 0.3) is 10.9 Å². The third-order valence-electron chi connectivity index (χ3n) is 7.45. The summed E-state index contributed by atoms with van der Waals surface area (Å²) >= 11 is 0. The number of piperazine rings is 1. The Morgan fingerprint density at radius 2 is 1.68 bits per heavy atom. The molecule has 5 rings (SSSR count). The van der Waals surface area contributed by atoms with Gasteiger partial charge in [0, 0.05) is 56.4 Å². The van der Waals surface area contributed by atoms with Crippen molar-refractivity contribution in [2.24, 2.45) is 0 Å². The van der Waals surface area contributed by atoms with Gasteiger partial charge in [0.2, 0.25) is 10.0 Å². The highest BCUT2D eigenvalue weighted by Gasteiger charge is 2.43. The summed E-state index contributed by atoms with van der Waals surface area (Å²) in [6, 6.07) is 12.6. The molecule has 2 fully saturated rings. The van der Waals surface area contributed by atoms with Crippen LogP contribution in [0.3, 0.4) is 0 Å². The number of nitrogens with zero attached hydrogens (tertiary/aromatic N) is 3. The first-order valence-corrected chi connectivity index (χ1v) is 13.9. The second-order valence-electron chi connectivity index (χ2n) is 9.58. The molecule has 3 aromatic rings. The number of piperidine rings is 1. The molecule has 1 N–H and O–H groups in total. The van der Waals surface area contributed by atoms with E-state index >= 15 is 0 Å². The number of anilines is 1. The van der Waals surface area contributed by atoms with E-state index in [9.17, 15) is 26.4 Å². The second kappa shape index (κ2) is 10.1. The van der Waals surface area contributed by atoms with Gasteiger partial charge in [0.05, 0.1) is 17.7 Å². The lowest BCUT2D eigenvalue weighted by atomic mass is 9.90. The molecule has 0 aliphatic carbocycles. The van der Waals surface area contributed by atoms with Gasteiger partial charge in [-0.15, -0.1) is 0 Å². The highest BCUT2D eigenvalue weighted by molar-refractivity contribution is 7.89. The van der Waals surface area contributed by atoms with Gasteiger partial charge in [-0.25, -0.2) is 8.42 Å². The van der Waals surface area contributed by atoms with Gasteiger partial charge < -0.3 is 19.5 Å². The summed E-state index contributed by atoms with van der Waals surface area (Å²) in [5.74, 6) is -1.20. The number of rotatable bonds is 5. The maximum atomic E-state index is 13.6. The molecule has 0 radical (unpaired) electrons. The maximum absolute atomic E-state index is 13.6. The molecule has 2 aliphatic heterocycles. The summed E-state index contributed by atoms with van der Waals surface area (Å²) in [6.45, 7) is 0.757. The average molecular weight is 551 g/mol. The number of carbonyl (C=O) groups excluding carboxylic acids is 1. The number of aromatic nitrogens is 1. The zero-order valence-electron chi connectivity index (χ0n) is 20.9. The molecule has 8 nitrogen and oxygen atoms in total. The zero-order valence-corrected chi connectivity index (χ0v) is 21.7. The summed E-state index contributed by atoms with van der Waals surface area (Å²) in [5, 5.41) is 1.16. The first-order chi connectivity index (χ1) is 18.1. The highest BCUT2D eigenvalue weighted by atomic mass is 32.2. The van der Waals surface area contributed by atoms with Crippen LogP contribution in [0.15, 0.2) is 53.6 Å². The normalized spacial score (nSPS) is 18.2. The third-order valence-corrected chi connectivity index (χ3v) is 9.35. The molecule has 0 unspecified atom stereocenters. The smallest absolute Gasteiger partial charge is 0.471 e. The molecule has 38 heavy (non-hydrogen) atoms. The Morgan fingerprint density at radius 3 is 2.34 bits per heavy atom. The number of hydrogen-bond donors (Lipinski definition) is 1. The van der Waals surface area contributed by atoms with Crippen molar-refractivity contribution in [1.82, 2.24) is 14.2 Å². The quantitative estimate of drug-likeness (QED) is 0.520. The topological polar surface area (TPSA) is 85.9 Å². The van der Waals surface area contributed by atoms with Crippen molar-refractivity contribution < 1.29 is 31.1 Å². The van der Waals surface area contributed by atoms with E-state index in [2.05, 4.69) is 11.1 Å². The lowest BCUT2D eigenvalue weighted by Crippen LogP contribution is -2.52. The van der Waals surface area contributed by atoms with Crippen LogP contribution in [0.4, 0.5) is 18.9 Å². The molecule has 12 heteroatoms. The van der Waals surface area contributed by atoms with Gasteiger partial charge in [-0.05, 0) is 48.6 Å². The number of carbonyl (C=O) groups is 1. The minimum atomic E-state index is -4.92. The highest BCUT2D eigenvalue weighted by Crippen LogP contribution is 2.37. The molecule has 0 bridgehead atoms. The number of halogens is 3. The molecule has 2 aromatic carbocycles. The standard InChI is InChI=1S/C26H29F3N4O4S/c1-37-24-7-6-19(16-23(24)31-12-14-32(15-13-31)25(34)26(27,28)29)38(35,36)33-10-8-18(9-11-33)21-17-30-22-5-3-2-4-20(21)22/h2-7,16-18,30H,8-15H2,1H3. The number of alkyl halides is 3. The summed E-state index contributed by atoms with van der Waals surface area (Å²) < 4.78 is 72.5. The van der Waals surface area contributed by atoms with E-state index in [1.165, 1.54) is 29.1 Å². The first-order valence-electron chi connectivity index (χ1n) is 12.4. The number of benzene rings is 2. The lowest BCUT2D eigenvalue weighted by Gasteiger charge is -2.37. The van der Waals surface area contributed by atoms with E-state index in [0.29, 0.717) is 37.4 Å². The molecule has 204 valence electrons. The number of hydrogen-bond acceptors (Lipinski definition) is 5. The van der Waals surface area contributed by atoms with Gasteiger partial charge in [0.15, 0.2) is 0 Å². The van der Waals surface area contributed by atoms with Gasteiger partial charge in [0.25, 0.3) is 0 Å².